The zero-order chi connectivity index (χ0) is 16.7. The second kappa shape index (κ2) is 5.84. The van der Waals surface area contributed by atoms with Crippen molar-refractivity contribution >= 4 is 11.0 Å². The molecule has 2 aromatic rings. The quantitative estimate of drug-likeness (QED) is 0.570. The van der Waals surface area contributed by atoms with Gasteiger partial charge in [-0.25, -0.2) is 4.98 Å². The van der Waals surface area contributed by atoms with Crippen LogP contribution >= 0.6 is 0 Å². The second-order valence-corrected chi connectivity index (χ2v) is 5.02. The number of imidazole rings is 1. The van der Waals surface area contributed by atoms with E-state index < -0.39 is 36.2 Å². The molecule has 0 fully saturated rings. The molecule has 0 bridgehead atoms. The number of hydrogen-bond acceptors (Lipinski definition) is 5. The smallest absolute Gasteiger partial charge is 0.391 e. The predicted molar refractivity (Wildman–Crippen MR) is 69.7 cm³/mol. The maximum atomic E-state index is 12.6. The number of halogens is 3. The number of aromatic nitrogens is 2. The Balaban J connectivity index is 2.33. The van der Waals surface area contributed by atoms with Gasteiger partial charge in [0.25, 0.3) is 0 Å². The minimum atomic E-state index is -4.51. The van der Waals surface area contributed by atoms with E-state index in [2.05, 4.69) is 9.97 Å². The third kappa shape index (κ3) is 3.22. The molecule has 5 N–H and O–H groups in total. The minimum absolute atomic E-state index is 0.0302. The molecule has 4 atom stereocenters. The van der Waals surface area contributed by atoms with Gasteiger partial charge in [0.05, 0.1) is 22.7 Å². The maximum absolute atomic E-state index is 12.6. The molecule has 6 nitrogen and oxygen atoms in total. The monoisotopic (exact) mass is 320 g/mol. The lowest BCUT2D eigenvalue weighted by Crippen LogP contribution is -2.39. The number of aliphatic hydroxyl groups is 4. The molecule has 3 unspecified atom stereocenters. The van der Waals surface area contributed by atoms with Crippen LogP contribution in [0.2, 0.25) is 0 Å². The lowest BCUT2D eigenvalue weighted by Gasteiger charge is -2.23. The number of H-pyrrole nitrogens is 1. The van der Waals surface area contributed by atoms with Crippen LogP contribution in [0.3, 0.4) is 0 Å². The van der Waals surface area contributed by atoms with Crippen LogP contribution in [-0.2, 0) is 6.18 Å². The normalized spacial score (nSPS) is 18.2. The number of benzene rings is 1. The predicted octanol–water partition coefficient (Wildman–Crippen LogP) is 0.718. The highest BCUT2D eigenvalue weighted by molar-refractivity contribution is 5.76. The van der Waals surface area contributed by atoms with Crippen molar-refractivity contribution in [1.29, 1.82) is 0 Å². The van der Waals surface area contributed by atoms with Crippen LogP contribution < -0.4 is 0 Å². The summed E-state index contributed by atoms with van der Waals surface area (Å²) in [5.41, 5.74) is -0.683. The largest absolute Gasteiger partial charge is 0.416 e. The van der Waals surface area contributed by atoms with Crippen molar-refractivity contribution in [2.45, 2.75) is 37.5 Å². The Morgan fingerprint density at radius 3 is 2.27 bits per heavy atom. The average Bonchev–Trinajstić information content (AvgIpc) is 2.86. The Hall–Kier alpha value is -1.68. The van der Waals surface area contributed by atoms with Crippen molar-refractivity contribution in [3.05, 3.63) is 29.6 Å². The molecule has 0 aliphatic heterocycles. The van der Waals surface area contributed by atoms with Crippen molar-refractivity contribution < 1.29 is 33.6 Å². The number of aliphatic hydroxyl groups excluding tert-OH is 4. The van der Waals surface area contributed by atoms with E-state index >= 15 is 0 Å². The molecule has 122 valence electrons. The molecule has 1 aromatic heterocycles. The van der Waals surface area contributed by atoms with Crippen LogP contribution in [0.5, 0.6) is 0 Å². The lowest BCUT2D eigenvalue weighted by atomic mass is 10.0. The van der Waals surface area contributed by atoms with Crippen molar-refractivity contribution in [3.8, 4) is 0 Å². The van der Waals surface area contributed by atoms with Gasteiger partial charge < -0.3 is 25.4 Å². The highest BCUT2D eigenvalue weighted by atomic mass is 19.4. The van der Waals surface area contributed by atoms with Crippen LogP contribution in [0, 0.1) is 0 Å². The Morgan fingerprint density at radius 2 is 1.73 bits per heavy atom. The van der Waals surface area contributed by atoms with E-state index in [-0.39, 0.29) is 16.9 Å². The molecule has 0 saturated carbocycles. The third-order valence-corrected chi connectivity index (χ3v) is 3.28. The summed E-state index contributed by atoms with van der Waals surface area (Å²) in [6.07, 6.45) is -10.9. The van der Waals surface area contributed by atoms with Crippen molar-refractivity contribution in [3.63, 3.8) is 0 Å². The van der Waals surface area contributed by atoms with Gasteiger partial charge in [-0.3, -0.25) is 0 Å². The summed E-state index contributed by atoms with van der Waals surface area (Å²) in [4.78, 5) is 6.34. The van der Waals surface area contributed by atoms with E-state index in [0.29, 0.717) is 0 Å². The highest BCUT2D eigenvalue weighted by Gasteiger charge is 2.33. The zero-order valence-corrected chi connectivity index (χ0v) is 11.4. The van der Waals surface area contributed by atoms with Crippen LogP contribution in [-0.4, -0.2) is 48.7 Å². The first-order valence-electron chi connectivity index (χ1n) is 6.40. The van der Waals surface area contributed by atoms with Gasteiger partial charge in [-0.15, -0.1) is 0 Å². The second-order valence-electron chi connectivity index (χ2n) is 5.02. The van der Waals surface area contributed by atoms with E-state index in [1.54, 1.807) is 0 Å². The van der Waals surface area contributed by atoms with Gasteiger partial charge in [-0.2, -0.15) is 13.2 Å². The Labute approximate surface area is 122 Å². The van der Waals surface area contributed by atoms with Gasteiger partial charge in [-0.1, -0.05) is 0 Å². The zero-order valence-electron chi connectivity index (χ0n) is 11.4. The topological polar surface area (TPSA) is 110 Å². The first kappa shape index (κ1) is 16.7. The van der Waals surface area contributed by atoms with Gasteiger partial charge in [0.15, 0.2) is 0 Å². The van der Waals surface area contributed by atoms with Gasteiger partial charge >= 0.3 is 6.18 Å². The summed E-state index contributed by atoms with van der Waals surface area (Å²) < 4.78 is 37.9. The standard InChI is InChI=1S/C13H15F3N2O4/c1-5(19)9(20)10(21)11(22)12-17-7-3-2-6(13(14,15)16)4-8(7)18-12/h2-5,9-11,19-22H,1H3,(H,17,18)/t5?,9-,10?,11?/m1/s1. The summed E-state index contributed by atoms with van der Waals surface area (Å²) in [7, 11) is 0. The van der Waals surface area contributed by atoms with Crippen LogP contribution in [0.15, 0.2) is 18.2 Å². The number of alkyl halides is 3. The number of rotatable bonds is 4. The Bertz CT molecular complexity index is 656. The van der Waals surface area contributed by atoms with Crippen LogP contribution in [0.4, 0.5) is 13.2 Å². The fourth-order valence-electron chi connectivity index (χ4n) is 1.98. The summed E-state index contributed by atoms with van der Waals surface area (Å²) >= 11 is 0. The Kier molecular flexibility index (Phi) is 4.43. The number of nitrogens with zero attached hydrogens (tertiary/aromatic N) is 1. The number of hydrogen-bond donors (Lipinski definition) is 5. The summed E-state index contributed by atoms with van der Waals surface area (Å²) in [6, 6.07) is 2.80. The number of fused-ring (bicyclic) bond motifs is 1. The van der Waals surface area contributed by atoms with E-state index in [4.69, 9.17) is 0 Å². The van der Waals surface area contributed by atoms with Gasteiger partial charge in [-0.05, 0) is 25.1 Å². The molecular weight excluding hydrogens is 305 g/mol. The SMILES string of the molecule is CC(O)[C@@H](O)C(O)C(O)c1nc2ccc(C(F)(F)F)cc2[nH]1. The summed E-state index contributed by atoms with van der Waals surface area (Å²) in [5.74, 6) is -0.207. The van der Waals surface area contributed by atoms with Crippen molar-refractivity contribution in [2.24, 2.45) is 0 Å². The number of nitrogens with one attached hydrogen (secondary N) is 1. The lowest BCUT2D eigenvalue weighted by molar-refractivity contribution is -0.137. The molecule has 1 heterocycles. The molecule has 0 amide bonds. The summed E-state index contributed by atoms with van der Waals surface area (Å²) in [5, 5.41) is 38.3. The molecule has 0 spiro atoms. The molecular formula is C13H15F3N2O4. The minimum Gasteiger partial charge on any atom is -0.391 e. The van der Waals surface area contributed by atoms with Gasteiger partial charge in [0.2, 0.25) is 0 Å². The van der Waals surface area contributed by atoms with Crippen LogP contribution in [0.1, 0.15) is 24.4 Å². The molecule has 2 rings (SSSR count). The van der Waals surface area contributed by atoms with Gasteiger partial charge in [0.1, 0.15) is 24.1 Å². The van der Waals surface area contributed by atoms with E-state index in [0.717, 1.165) is 18.2 Å². The third-order valence-electron chi connectivity index (χ3n) is 3.28. The maximum Gasteiger partial charge on any atom is 0.416 e. The van der Waals surface area contributed by atoms with Crippen molar-refractivity contribution in [2.75, 3.05) is 0 Å². The molecule has 1 aromatic carbocycles. The average molecular weight is 320 g/mol. The molecule has 0 saturated heterocycles. The van der Waals surface area contributed by atoms with E-state index in [1.165, 1.54) is 6.92 Å². The fourth-order valence-corrected chi connectivity index (χ4v) is 1.98. The fraction of sp³-hybridized carbons (Fsp3) is 0.462. The molecule has 9 heteroatoms. The molecule has 22 heavy (non-hydrogen) atoms. The Morgan fingerprint density at radius 1 is 1.09 bits per heavy atom. The first-order chi connectivity index (χ1) is 10.1. The molecule has 0 radical (unpaired) electrons. The van der Waals surface area contributed by atoms with Crippen molar-refractivity contribution in [1.82, 2.24) is 9.97 Å². The summed E-state index contributed by atoms with van der Waals surface area (Å²) in [6.45, 7) is 1.22. The van der Waals surface area contributed by atoms with Crippen LogP contribution in [0.25, 0.3) is 11.0 Å². The number of aromatic amines is 1. The molecule has 0 aliphatic rings. The first-order valence-corrected chi connectivity index (χ1v) is 6.40. The van der Waals surface area contributed by atoms with E-state index in [1.807, 2.05) is 0 Å². The highest BCUT2D eigenvalue weighted by Crippen LogP contribution is 2.31. The van der Waals surface area contributed by atoms with Gasteiger partial charge in [0, 0.05) is 0 Å². The molecule has 0 aliphatic carbocycles. The van der Waals surface area contributed by atoms with E-state index in [9.17, 15) is 33.6 Å².